The smallest absolute Gasteiger partial charge is 0.338 e. The van der Waals surface area contributed by atoms with Gasteiger partial charge in [0.15, 0.2) is 0 Å². The van der Waals surface area contributed by atoms with Crippen LogP contribution in [0.2, 0.25) is 0 Å². The van der Waals surface area contributed by atoms with E-state index in [1.807, 2.05) is 18.2 Å². The van der Waals surface area contributed by atoms with Crippen molar-refractivity contribution >= 4 is 18.4 Å². The highest BCUT2D eigenvalue weighted by atomic mass is 35.5. The molecule has 0 fully saturated rings. The van der Waals surface area contributed by atoms with Crippen LogP contribution in [0.25, 0.3) is 0 Å². The van der Waals surface area contributed by atoms with Crippen LogP contribution in [0.1, 0.15) is 47.0 Å². The number of hydrogen-bond acceptors (Lipinski definition) is 5. The Hall–Kier alpha value is -2.11. The molecule has 2 atom stereocenters. The number of carbonyl (C=O) groups is 1. The van der Waals surface area contributed by atoms with Crippen molar-refractivity contribution in [2.75, 3.05) is 6.61 Å². The fourth-order valence-electron chi connectivity index (χ4n) is 2.64. The summed E-state index contributed by atoms with van der Waals surface area (Å²) >= 11 is 0. The normalized spacial score (nSPS) is 19.0. The third-order valence-corrected chi connectivity index (χ3v) is 3.72. The summed E-state index contributed by atoms with van der Waals surface area (Å²) in [5.41, 5.74) is 8.62. The van der Waals surface area contributed by atoms with E-state index in [-0.39, 0.29) is 30.5 Å². The minimum absolute atomic E-state index is 0. The molecule has 0 saturated carbocycles. The fraction of sp³-hybridized carbons (Fsp3) is 0.294. The molecule has 6 heteroatoms. The third-order valence-electron chi connectivity index (χ3n) is 3.72. The lowest BCUT2D eigenvalue weighted by Crippen LogP contribution is -2.24. The molecule has 0 radical (unpaired) electrons. The van der Waals surface area contributed by atoms with Gasteiger partial charge >= 0.3 is 5.97 Å². The van der Waals surface area contributed by atoms with Crippen LogP contribution in [-0.4, -0.2) is 17.6 Å². The molecule has 0 bridgehead atoms. The Labute approximate surface area is 141 Å². The second kappa shape index (κ2) is 7.44. The summed E-state index contributed by atoms with van der Waals surface area (Å²) in [5.74, 6) is 0.374. The first kappa shape index (κ1) is 17.2. The summed E-state index contributed by atoms with van der Waals surface area (Å²) < 4.78 is 11.0. The zero-order chi connectivity index (χ0) is 15.5. The van der Waals surface area contributed by atoms with Gasteiger partial charge in [-0.3, -0.25) is 4.98 Å². The maximum Gasteiger partial charge on any atom is 0.338 e. The summed E-state index contributed by atoms with van der Waals surface area (Å²) in [6.45, 7) is 2.14. The van der Waals surface area contributed by atoms with E-state index in [2.05, 4.69) is 4.98 Å². The van der Waals surface area contributed by atoms with Crippen molar-refractivity contribution in [3.63, 3.8) is 0 Å². The number of carbonyl (C=O) groups excluding carboxylic acids is 1. The average molecular weight is 335 g/mol. The van der Waals surface area contributed by atoms with Crippen LogP contribution < -0.4 is 10.5 Å². The van der Waals surface area contributed by atoms with Crippen LogP contribution in [0.15, 0.2) is 42.7 Å². The zero-order valence-electron chi connectivity index (χ0n) is 12.8. The molecular weight excluding hydrogens is 316 g/mol. The number of pyridine rings is 1. The van der Waals surface area contributed by atoms with Gasteiger partial charge in [0.25, 0.3) is 0 Å². The van der Waals surface area contributed by atoms with Gasteiger partial charge in [-0.2, -0.15) is 0 Å². The van der Waals surface area contributed by atoms with E-state index >= 15 is 0 Å². The molecule has 0 unspecified atom stereocenters. The molecule has 0 saturated heterocycles. The number of benzene rings is 1. The molecule has 2 aromatic rings. The number of hydrogen-bond donors (Lipinski definition) is 1. The number of halogens is 1. The first-order valence-electron chi connectivity index (χ1n) is 7.32. The number of nitrogens with two attached hydrogens (primary N) is 1. The molecule has 0 aliphatic carbocycles. The van der Waals surface area contributed by atoms with Crippen molar-refractivity contribution in [1.82, 2.24) is 4.98 Å². The van der Waals surface area contributed by atoms with E-state index in [0.29, 0.717) is 24.3 Å². The molecule has 0 amide bonds. The molecule has 1 aromatic carbocycles. The molecule has 23 heavy (non-hydrogen) atoms. The Morgan fingerprint density at radius 2 is 2.26 bits per heavy atom. The van der Waals surface area contributed by atoms with Crippen LogP contribution in [0.3, 0.4) is 0 Å². The van der Waals surface area contributed by atoms with Gasteiger partial charge in [-0.1, -0.05) is 12.1 Å². The number of ether oxygens (including phenoxy) is 2. The quantitative estimate of drug-likeness (QED) is 0.872. The average Bonchev–Trinajstić information content (AvgIpc) is 2.55. The molecule has 2 heterocycles. The molecule has 2 N–H and O–H groups in total. The highest BCUT2D eigenvalue weighted by molar-refractivity contribution is 5.89. The van der Waals surface area contributed by atoms with Crippen molar-refractivity contribution in [2.24, 2.45) is 5.73 Å². The minimum Gasteiger partial charge on any atom is -0.484 e. The first-order chi connectivity index (χ1) is 10.7. The Morgan fingerprint density at radius 3 is 3.04 bits per heavy atom. The van der Waals surface area contributed by atoms with Gasteiger partial charge in [0, 0.05) is 24.2 Å². The van der Waals surface area contributed by atoms with E-state index in [1.165, 1.54) is 0 Å². The summed E-state index contributed by atoms with van der Waals surface area (Å²) in [6, 6.07) is 9.07. The SMILES string of the molecule is CCOC(=O)c1cccc([C@H]2C[C@@H](N)c3ccncc3O2)c1.Cl. The molecule has 3 rings (SSSR count). The summed E-state index contributed by atoms with van der Waals surface area (Å²) in [7, 11) is 0. The standard InChI is InChI=1S/C17H18N2O3.ClH/c1-2-21-17(20)12-5-3-4-11(8-12)15-9-14(18)13-6-7-19-10-16(13)22-15;/h3-8,10,14-15H,2,9,18H2,1H3;1H/t14-,15-;/m1./s1. The maximum atomic E-state index is 11.8. The monoisotopic (exact) mass is 334 g/mol. The van der Waals surface area contributed by atoms with Gasteiger partial charge < -0.3 is 15.2 Å². The second-order valence-electron chi connectivity index (χ2n) is 5.21. The minimum atomic E-state index is -0.327. The predicted octanol–water partition coefficient (Wildman–Crippen LogP) is 3.20. The highest BCUT2D eigenvalue weighted by Gasteiger charge is 2.27. The molecule has 1 aromatic heterocycles. The van der Waals surface area contributed by atoms with Crippen molar-refractivity contribution in [3.05, 3.63) is 59.4 Å². The van der Waals surface area contributed by atoms with Crippen molar-refractivity contribution in [3.8, 4) is 5.75 Å². The fourth-order valence-corrected chi connectivity index (χ4v) is 2.64. The van der Waals surface area contributed by atoms with Gasteiger partial charge in [0.05, 0.1) is 18.4 Å². The predicted molar refractivity (Wildman–Crippen MR) is 88.8 cm³/mol. The zero-order valence-corrected chi connectivity index (χ0v) is 13.6. The molecule has 5 nitrogen and oxygen atoms in total. The van der Waals surface area contributed by atoms with Gasteiger partial charge in [-0.25, -0.2) is 4.79 Å². The molecule has 122 valence electrons. The molecule has 0 spiro atoms. The van der Waals surface area contributed by atoms with Crippen LogP contribution in [0.5, 0.6) is 5.75 Å². The van der Waals surface area contributed by atoms with Crippen molar-refractivity contribution in [1.29, 1.82) is 0 Å². The number of aromatic nitrogens is 1. The number of rotatable bonds is 3. The number of nitrogens with zero attached hydrogens (tertiary/aromatic N) is 1. The van der Waals surface area contributed by atoms with Crippen LogP contribution in [0, 0.1) is 0 Å². The topological polar surface area (TPSA) is 74.4 Å². The van der Waals surface area contributed by atoms with Crippen LogP contribution in [-0.2, 0) is 4.74 Å². The van der Waals surface area contributed by atoms with Crippen molar-refractivity contribution in [2.45, 2.75) is 25.5 Å². The molecular formula is C17H19ClN2O3. The molecule has 1 aliphatic rings. The van der Waals surface area contributed by atoms with Gasteiger partial charge in [0.2, 0.25) is 0 Å². The number of fused-ring (bicyclic) bond motifs is 1. The largest absolute Gasteiger partial charge is 0.484 e. The maximum absolute atomic E-state index is 11.8. The second-order valence-corrected chi connectivity index (χ2v) is 5.21. The van der Waals surface area contributed by atoms with Gasteiger partial charge in [-0.15, -0.1) is 12.4 Å². The van der Waals surface area contributed by atoms with Crippen LogP contribution in [0.4, 0.5) is 0 Å². The van der Waals surface area contributed by atoms with E-state index in [0.717, 1.165) is 11.1 Å². The Kier molecular flexibility index (Phi) is 5.58. The lowest BCUT2D eigenvalue weighted by atomic mass is 9.94. The Balaban J connectivity index is 0.00000192. The van der Waals surface area contributed by atoms with E-state index in [9.17, 15) is 4.79 Å². The third kappa shape index (κ3) is 3.63. The van der Waals surface area contributed by atoms with Gasteiger partial charge in [-0.05, 0) is 30.7 Å². The Bertz CT molecular complexity index is 693. The molecule has 1 aliphatic heterocycles. The lowest BCUT2D eigenvalue weighted by Gasteiger charge is -2.30. The number of esters is 1. The first-order valence-corrected chi connectivity index (χ1v) is 7.32. The van der Waals surface area contributed by atoms with Crippen molar-refractivity contribution < 1.29 is 14.3 Å². The Morgan fingerprint density at radius 1 is 1.43 bits per heavy atom. The van der Waals surface area contributed by atoms with E-state index in [1.54, 1.807) is 31.5 Å². The van der Waals surface area contributed by atoms with Crippen LogP contribution >= 0.6 is 12.4 Å². The summed E-state index contributed by atoms with van der Waals surface area (Å²) in [4.78, 5) is 15.9. The van der Waals surface area contributed by atoms with E-state index < -0.39 is 0 Å². The highest BCUT2D eigenvalue weighted by Crippen LogP contribution is 2.39. The van der Waals surface area contributed by atoms with Gasteiger partial charge in [0.1, 0.15) is 11.9 Å². The van der Waals surface area contributed by atoms with E-state index in [4.69, 9.17) is 15.2 Å². The summed E-state index contributed by atoms with van der Waals surface area (Å²) in [5, 5.41) is 0. The lowest BCUT2D eigenvalue weighted by molar-refractivity contribution is 0.0526. The summed E-state index contributed by atoms with van der Waals surface area (Å²) in [6.07, 6.45) is 3.85.